The predicted octanol–water partition coefficient (Wildman–Crippen LogP) is 2.71. The fourth-order valence-corrected chi connectivity index (χ4v) is 3.11. The van der Waals surface area contributed by atoms with Crippen LogP contribution >= 0.6 is 0 Å². The van der Waals surface area contributed by atoms with Crippen molar-refractivity contribution in [2.24, 2.45) is 0 Å². The monoisotopic (exact) mass is 325 g/mol. The van der Waals surface area contributed by atoms with Gasteiger partial charge in [0, 0.05) is 5.56 Å². The number of carbonyl (C=O) groups excluding carboxylic acids is 1. The van der Waals surface area contributed by atoms with Crippen LogP contribution in [0.2, 0.25) is 0 Å². The van der Waals surface area contributed by atoms with Crippen molar-refractivity contribution in [3.8, 4) is 17.2 Å². The van der Waals surface area contributed by atoms with Crippen LogP contribution in [0.1, 0.15) is 27.9 Å². The lowest BCUT2D eigenvalue weighted by Crippen LogP contribution is -2.28. The molecule has 1 aliphatic heterocycles. The molecule has 0 spiro atoms. The van der Waals surface area contributed by atoms with Crippen LogP contribution in [0.3, 0.4) is 0 Å². The summed E-state index contributed by atoms with van der Waals surface area (Å²) in [6.45, 7) is 1.09. The summed E-state index contributed by atoms with van der Waals surface area (Å²) in [6, 6.07) is 11.4. The predicted molar refractivity (Wildman–Crippen MR) is 88.9 cm³/mol. The van der Waals surface area contributed by atoms with E-state index in [0.717, 1.165) is 12.2 Å². The van der Waals surface area contributed by atoms with E-state index in [1.165, 1.54) is 24.0 Å². The summed E-state index contributed by atoms with van der Waals surface area (Å²) in [4.78, 5) is 12.1. The normalized spacial score (nSPS) is 14.3. The topological polar surface area (TPSA) is 56.8 Å². The number of hydrogen-bond acceptors (Lipinski definition) is 4. The molecule has 24 heavy (non-hydrogen) atoms. The van der Waals surface area contributed by atoms with Crippen LogP contribution in [0, 0.1) is 0 Å². The molecule has 2 aromatic rings. The molecule has 2 aliphatic rings. The Kier molecular flexibility index (Phi) is 3.99. The van der Waals surface area contributed by atoms with Crippen molar-refractivity contribution in [3.63, 3.8) is 0 Å². The highest BCUT2D eigenvalue weighted by Gasteiger charge is 2.16. The van der Waals surface area contributed by atoms with E-state index in [9.17, 15) is 4.79 Å². The molecule has 0 unspecified atom stereocenters. The van der Waals surface area contributed by atoms with Gasteiger partial charge in [-0.2, -0.15) is 0 Å². The fourth-order valence-electron chi connectivity index (χ4n) is 3.11. The molecule has 1 heterocycles. The fraction of sp³-hybridized carbons (Fsp3) is 0.316. The molecular weight excluding hydrogens is 306 g/mol. The molecule has 5 nitrogen and oxygen atoms in total. The second-order valence-corrected chi connectivity index (χ2v) is 5.96. The Bertz CT molecular complexity index is 772. The van der Waals surface area contributed by atoms with E-state index in [0.29, 0.717) is 30.2 Å². The first kappa shape index (κ1) is 14.9. The number of aryl methyl sites for hydroxylation is 2. The molecule has 0 atom stereocenters. The minimum absolute atomic E-state index is 0.147. The van der Waals surface area contributed by atoms with Crippen molar-refractivity contribution in [2.45, 2.75) is 19.3 Å². The maximum atomic E-state index is 12.1. The Hall–Kier alpha value is -2.69. The van der Waals surface area contributed by atoms with Gasteiger partial charge in [0.2, 0.25) is 6.79 Å². The first-order chi connectivity index (χ1) is 11.8. The number of fused-ring (bicyclic) bond motifs is 2. The average molecular weight is 325 g/mol. The van der Waals surface area contributed by atoms with E-state index in [1.807, 2.05) is 6.07 Å². The summed E-state index contributed by atoms with van der Waals surface area (Å²) in [6.07, 6.45) is 3.53. The third-order valence-electron chi connectivity index (χ3n) is 4.36. The smallest absolute Gasteiger partial charge is 0.251 e. The van der Waals surface area contributed by atoms with Gasteiger partial charge in [-0.15, -0.1) is 0 Å². The molecule has 5 heteroatoms. The Morgan fingerprint density at radius 1 is 1.04 bits per heavy atom. The van der Waals surface area contributed by atoms with E-state index in [-0.39, 0.29) is 12.7 Å². The third-order valence-corrected chi connectivity index (χ3v) is 4.36. The van der Waals surface area contributed by atoms with E-state index in [1.54, 1.807) is 18.2 Å². The first-order valence-corrected chi connectivity index (χ1v) is 8.22. The van der Waals surface area contributed by atoms with Crippen LogP contribution in [0.15, 0.2) is 36.4 Å². The van der Waals surface area contributed by atoms with Crippen molar-refractivity contribution < 1.29 is 19.0 Å². The number of carbonyl (C=O) groups is 1. The Labute approximate surface area is 140 Å². The van der Waals surface area contributed by atoms with Crippen molar-refractivity contribution in [2.75, 3.05) is 19.9 Å². The SMILES string of the molecule is O=C(NCCOc1ccc2c(c1)CCC2)c1ccc2c(c1)OCO2. The van der Waals surface area contributed by atoms with Gasteiger partial charge in [-0.1, -0.05) is 6.07 Å². The minimum atomic E-state index is -0.147. The van der Waals surface area contributed by atoms with E-state index < -0.39 is 0 Å². The van der Waals surface area contributed by atoms with Crippen LogP contribution in [0.4, 0.5) is 0 Å². The maximum Gasteiger partial charge on any atom is 0.251 e. The molecule has 124 valence electrons. The number of hydrogen-bond donors (Lipinski definition) is 1. The highest BCUT2D eigenvalue weighted by Crippen LogP contribution is 2.32. The van der Waals surface area contributed by atoms with Gasteiger partial charge in [-0.25, -0.2) is 0 Å². The molecule has 4 rings (SSSR count). The molecule has 0 bridgehead atoms. The van der Waals surface area contributed by atoms with Crippen LogP contribution in [0.5, 0.6) is 17.2 Å². The number of amides is 1. The number of rotatable bonds is 5. The van der Waals surface area contributed by atoms with E-state index >= 15 is 0 Å². The summed E-state index contributed by atoms with van der Waals surface area (Å²) in [5, 5.41) is 2.85. The zero-order chi connectivity index (χ0) is 16.4. The van der Waals surface area contributed by atoms with Crippen LogP contribution in [-0.2, 0) is 12.8 Å². The van der Waals surface area contributed by atoms with E-state index in [2.05, 4.69) is 17.4 Å². The Morgan fingerprint density at radius 2 is 1.92 bits per heavy atom. The zero-order valence-corrected chi connectivity index (χ0v) is 13.3. The van der Waals surface area contributed by atoms with Gasteiger partial charge < -0.3 is 19.5 Å². The number of benzene rings is 2. The lowest BCUT2D eigenvalue weighted by atomic mass is 10.1. The van der Waals surface area contributed by atoms with Gasteiger partial charge in [-0.3, -0.25) is 4.79 Å². The second kappa shape index (κ2) is 6.43. The molecule has 1 aliphatic carbocycles. The Balaban J connectivity index is 1.27. The van der Waals surface area contributed by atoms with Crippen molar-refractivity contribution in [1.82, 2.24) is 5.32 Å². The highest BCUT2D eigenvalue weighted by molar-refractivity contribution is 5.94. The zero-order valence-electron chi connectivity index (χ0n) is 13.3. The Morgan fingerprint density at radius 3 is 2.88 bits per heavy atom. The van der Waals surface area contributed by atoms with Crippen molar-refractivity contribution >= 4 is 5.91 Å². The molecule has 0 fully saturated rings. The van der Waals surface area contributed by atoms with Gasteiger partial charge in [0.05, 0.1) is 6.54 Å². The lowest BCUT2D eigenvalue weighted by molar-refractivity contribution is 0.0946. The van der Waals surface area contributed by atoms with Gasteiger partial charge in [-0.05, 0) is 60.7 Å². The standard InChI is InChI=1S/C19H19NO4/c21-19(15-5-7-17-18(11-15)24-12-23-17)20-8-9-22-16-6-4-13-2-1-3-14(13)10-16/h4-7,10-11H,1-3,8-9,12H2,(H,20,21). The van der Waals surface area contributed by atoms with Crippen LogP contribution < -0.4 is 19.5 Å². The third kappa shape index (κ3) is 3.02. The molecule has 0 radical (unpaired) electrons. The molecule has 1 N–H and O–H groups in total. The summed E-state index contributed by atoms with van der Waals surface area (Å²) in [5.41, 5.74) is 3.37. The number of nitrogens with one attached hydrogen (secondary N) is 1. The van der Waals surface area contributed by atoms with Crippen LogP contribution in [-0.4, -0.2) is 25.9 Å². The quantitative estimate of drug-likeness (QED) is 0.859. The summed E-state index contributed by atoms with van der Waals surface area (Å²) < 4.78 is 16.3. The minimum Gasteiger partial charge on any atom is -0.492 e. The molecule has 2 aromatic carbocycles. The van der Waals surface area contributed by atoms with Gasteiger partial charge in [0.15, 0.2) is 11.5 Å². The summed E-state index contributed by atoms with van der Waals surface area (Å²) in [5.74, 6) is 2.00. The molecular formula is C19H19NO4. The first-order valence-electron chi connectivity index (χ1n) is 8.22. The number of ether oxygens (including phenoxy) is 3. The highest BCUT2D eigenvalue weighted by atomic mass is 16.7. The van der Waals surface area contributed by atoms with Gasteiger partial charge >= 0.3 is 0 Å². The van der Waals surface area contributed by atoms with Crippen molar-refractivity contribution in [1.29, 1.82) is 0 Å². The lowest BCUT2D eigenvalue weighted by Gasteiger charge is -2.09. The molecule has 0 saturated carbocycles. The van der Waals surface area contributed by atoms with Crippen LogP contribution in [0.25, 0.3) is 0 Å². The van der Waals surface area contributed by atoms with Gasteiger partial charge in [0.25, 0.3) is 5.91 Å². The second-order valence-electron chi connectivity index (χ2n) is 5.96. The van der Waals surface area contributed by atoms with Crippen molar-refractivity contribution in [3.05, 3.63) is 53.1 Å². The molecule has 1 amide bonds. The van der Waals surface area contributed by atoms with E-state index in [4.69, 9.17) is 14.2 Å². The van der Waals surface area contributed by atoms with Gasteiger partial charge in [0.1, 0.15) is 12.4 Å². The summed E-state index contributed by atoms with van der Waals surface area (Å²) >= 11 is 0. The maximum absolute atomic E-state index is 12.1. The summed E-state index contributed by atoms with van der Waals surface area (Å²) in [7, 11) is 0. The average Bonchev–Trinajstić information content (AvgIpc) is 3.25. The molecule has 0 aromatic heterocycles. The largest absolute Gasteiger partial charge is 0.492 e. The molecule has 0 saturated heterocycles.